The molecular formula is C11H17N3O2. The fraction of sp³-hybridized carbons (Fsp3) is 0.636. The zero-order valence-electron chi connectivity index (χ0n) is 9.69. The van der Waals surface area contributed by atoms with E-state index in [1.165, 1.54) is 20.0 Å². The van der Waals surface area contributed by atoms with Crippen molar-refractivity contribution in [1.29, 1.82) is 0 Å². The summed E-state index contributed by atoms with van der Waals surface area (Å²) in [6.07, 6.45) is 6.19. The lowest BCUT2D eigenvalue weighted by molar-refractivity contribution is 0.0596. The highest BCUT2D eigenvalue weighted by Crippen LogP contribution is 2.38. The zero-order chi connectivity index (χ0) is 11.8. The van der Waals surface area contributed by atoms with Gasteiger partial charge in [0, 0.05) is 5.54 Å². The van der Waals surface area contributed by atoms with Gasteiger partial charge in [-0.05, 0) is 19.8 Å². The molecule has 0 bridgehead atoms. The fourth-order valence-corrected chi connectivity index (χ4v) is 2.42. The molecule has 1 aliphatic carbocycles. The molecule has 2 N–H and O–H groups in total. The average Bonchev–Trinajstić information content (AvgIpc) is 2.85. The Morgan fingerprint density at radius 3 is 2.75 bits per heavy atom. The third-order valence-electron chi connectivity index (χ3n) is 3.45. The molecule has 16 heavy (non-hydrogen) atoms. The van der Waals surface area contributed by atoms with Crippen molar-refractivity contribution in [1.82, 2.24) is 9.55 Å². The molecule has 0 aliphatic heterocycles. The number of carbonyl (C=O) groups excluding carboxylic acids is 1. The average molecular weight is 223 g/mol. The second-order valence-electron chi connectivity index (χ2n) is 4.54. The number of rotatable bonds is 2. The lowest BCUT2D eigenvalue weighted by atomic mass is 10.0. The molecule has 1 aliphatic rings. The van der Waals surface area contributed by atoms with Crippen molar-refractivity contribution < 1.29 is 9.53 Å². The molecule has 2 rings (SSSR count). The maximum Gasteiger partial charge on any atom is 0.360 e. The molecule has 0 atom stereocenters. The minimum atomic E-state index is -0.474. The van der Waals surface area contributed by atoms with E-state index >= 15 is 0 Å². The molecule has 88 valence electrons. The van der Waals surface area contributed by atoms with Crippen LogP contribution in [0.5, 0.6) is 0 Å². The van der Waals surface area contributed by atoms with Crippen LogP contribution in [0.4, 0.5) is 5.82 Å². The highest BCUT2D eigenvalue weighted by molar-refractivity contribution is 5.92. The molecule has 0 saturated heterocycles. The van der Waals surface area contributed by atoms with Crippen LogP contribution < -0.4 is 5.73 Å². The topological polar surface area (TPSA) is 70.1 Å². The van der Waals surface area contributed by atoms with Crippen molar-refractivity contribution in [3.63, 3.8) is 0 Å². The Balaban J connectivity index is 2.36. The number of esters is 1. The quantitative estimate of drug-likeness (QED) is 0.772. The molecule has 1 aromatic rings. The molecule has 1 aromatic heterocycles. The standard InChI is InChI=1S/C11H17N3O2/c1-11(5-3-4-6-11)14-7-13-8(9(14)12)10(15)16-2/h7H,3-6,12H2,1-2H3. The van der Waals surface area contributed by atoms with E-state index in [-0.39, 0.29) is 11.2 Å². The van der Waals surface area contributed by atoms with Crippen LogP contribution >= 0.6 is 0 Å². The summed E-state index contributed by atoms with van der Waals surface area (Å²) in [5.74, 6) is -0.0610. The molecule has 1 heterocycles. The third kappa shape index (κ3) is 1.56. The largest absolute Gasteiger partial charge is 0.464 e. The van der Waals surface area contributed by atoms with Crippen LogP contribution in [0.3, 0.4) is 0 Å². The molecule has 1 fully saturated rings. The van der Waals surface area contributed by atoms with Gasteiger partial charge in [-0.3, -0.25) is 0 Å². The van der Waals surface area contributed by atoms with Crippen molar-refractivity contribution in [2.75, 3.05) is 12.8 Å². The van der Waals surface area contributed by atoms with Gasteiger partial charge in [-0.2, -0.15) is 0 Å². The first-order chi connectivity index (χ1) is 7.58. The maximum atomic E-state index is 11.4. The van der Waals surface area contributed by atoms with Crippen molar-refractivity contribution >= 4 is 11.8 Å². The SMILES string of the molecule is COC(=O)c1ncn(C2(C)CCCC2)c1N. The summed E-state index contributed by atoms with van der Waals surface area (Å²) < 4.78 is 6.54. The number of aromatic nitrogens is 2. The minimum Gasteiger partial charge on any atom is -0.464 e. The molecule has 5 heteroatoms. The van der Waals surface area contributed by atoms with Crippen molar-refractivity contribution in [2.24, 2.45) is 0 Å². The molecule has 1 saturated carbocycles. The fourth-order valence-electron chi connectivity index (χ4n) is 2.42. The van der Waals surface area contributed by atoms with Gasteiger partial charge in [-0.15, -0.1) is 0 Å². The zero-order valence-corrected chi connectivity index (χ0v) is 9.69. The van der Waals surface area contributed by atoms with Crippen LogP contribution in [-0.2, 0) is 10.3 Å². The Morgan fingerprint density at radius 2 is 2.19 bits per heavy atom. The lowest BCUT2D eigenvalue weighted by Crippen LogP contribution is -2.27. The first-order valence-corrected chi connectivity index (χ1v) is 5.50. The molecule has 0 amide bonds. The van der Waals surface area contributed by atoms with E-state index in [1.807, 2.05) is 4.57 Å². The summed E-state index contributed by atoms with van der Waals surface area (Å²) in [4.78, 5) is 15.4. The summed E-state index contributed by atoms with van der Waals surface area (Å²) in [5.41, 5.74) is 6.17. The van der Waals surface area contributed by atoms with Crippen LogP contribution in [0.2, 0.25) is 0 Å². The van der Waals surface area contributed by atoms with Gasteiger partial charge in [0.2, 0.25) is 0 Å². The van der Waals surface area contributed by atoms with Gasteiger partial charge in [0.05, 0.1) is 13.4 Å². The van der Waals surface area contributed by atoms with Gasteiger partial charge in [-0.1, -0.05) is 12.8 Å². The van der Waals surface area contributed by atoms with E-state index in [2.05, 4.69) is 16.6 Å². The highest BCUT2D eigenvalue weighted by atomic mass is 16.5. The summed E-state index contributed by atoms with van der Waals surface area (Å²) in [6.45, 7) is 2.15. The molecule has 0 radical (unpaired) electrons. The number of hydrogen-bond donors (Lipinski definition) is 1. The predicted molar refractivity (Wildman–Crippen MR) is 60.1 cm³/mol. The Morgan fingerprint density at radius 1 is 1.56 bits per heavy atom. The number of ether oxygens (including phenoxy) is 1. The van der Waals surface area contributed by atoms with Gasteiger partial charge < -0.3 is 15.0 Å². The van der Waals surface area contributed by atoms with E-state index in [4.69, 9.17) is 5.73 Å². The van der Waals surface area contributed by atoms with Gasteiger partial charge in [-0.25, -0.2) is 9.78 Å². The van der Waals surface area contributed by atoms with Gasteiger partial charge in [0.1, 0.15) is 5.82 Å². The van der Waals surface area contributed by atoms with Gasteiger partial charge >= 0.3 is 5.97 Å². The number of nitrogens with two attached hydrogens (primary N) is 1. The van der Waals surface area contributed by atoms with Crippen LogP contribution in [0, 0.1) is 0 Å². The van der Waals surface area contributed by atoms with E-state index < -0.39 is 5.97 Å². The normalized spacial score (nSPS) is 18.6. The van der Waals surface area contributed by atoms with Crippen LogP contribution in [0.25, 0.3) is 0 Å². The van der Waals surface area contributed by atoms with Crippen molar-refractivity contribution in [3.8, 4) is 0 Å². The van der Waals surface area contributed by atoms with Crippen LogP contribution in [0.1, 0.15) is 43.1 Å². The minimum absolute atomic E-state index is 0.00333. The molecule has 0 spiro atoms. The third-order valence-corrected chi connectivity index (χ3v) is 3.45. The Hall–Kier alpha value is -1.52. The molecular weight excluding hydrogens is 206 g/mol. The molecule has 0 unspecified atom stereocenters. The summed E-state index contributed by atoms with van der Waals surface area (Å²) in [5, 5.41) is 0. The number of hydrogen-bond acceptors (Lipinski definition) is 4. The molecule has 5 nitrogen and oxygen atoms in total. The van der Waals surface area contributed by atoms with Crippen molar-refractivity contribution in [3.05, 3.63) is 12.0 Å². The monoisotopic (exact) mass is 223 g/mol. The van der Waals surface area contributed by atoms with Crippen LogP contribution in [0.15, 0.2) is 6.33 Å². The maximum absolute atomic E-state index is 11.4. The van der Waals surface area contributed by atoms with Crippen molar-refractivity contribution in [2.45, 2.75) is 38.1 Å². The van der Waals surface area contributed by atoms with E-state index in [0.717, 1.165) is 12.8 Å². The predicted octanol–water partition coefficient (Wildman–Crippen LogP) is 1.54. The van der Waals surface area contributed by atoms with Gasteiger partial charge in [0.25, 0.3) is 0 Å². The van der Waals surface area contributed by atoms with E-state index in [1.54, 1.807) is 6.33 Å². The Kier molecular flexibility index (Phi) is 2.61. The first-order valence-electron chi connectivity index (χ1n) is 5.50. The van der Waals surface area contributed by atoms with E-state index in [9.17, 15) is 4.79 Å². The number of anilines is 1. The van der Waals surface area contributed by atoms with Gasteiger partial charge in [0.15, 0.2) is 5.69 Å². The number of methoxy groups -OCH3 is 1. The summed E-state index contributed by atoms with van der Waals surface area (Å²) in [6, 6.07) is 0. The second-order valence-corrected chi connectivity index (χ2v) is 4.54. The summed E-state index contributed by atoms with van der Waals surface area (Å²) >= 11 is 0. The summed E-state index contributed by atoms with van der Waals surface area (Å²) in [7, 11) is 1.33. The van der Waals surface area contributed by atoms with Crippen LogP contribution in [-0.4, -0.2) is 22.6 Å². The number of nitrogen functional groups attached to an aromatic ring is 1. The number of nitrogens with zero attached hydrogens (tertiary/aromatic N) is 2. The second kappa shape index (κ2) is 3.81. The Bertz CT molecular complexity index is 405. The highest BCUT2D eigenvalue weighted by Gasteiger charge is 2.33. The smallest absolute Gasteiger partial charge is 0.360 e. The molecule has 0 aromatic carbocycles. The lowest BCUT2D eigenvalue weighted by Gasteiger charge is -2.26. The van der Waals surface area contributed by atoms with E-state index in [0.29, 0.717) is 5.82 Å². The number of carbonyl (C=O) groups is 1. The number of imidazole rings is 1. The first kappa shape index (κ1) is 11.0. The Labute approximate surface area is 94.6 Å².